The fraction of sp³-hybridized carbons (Fsp3) is 0.167. The molecule has 0 saturated heterocycles. The molecule has 1 heterocycles. The van der Waals surface area contributed by atoms with Gasteiger partial charge in [0.05, 0.1) is 10.7 Å². The second-order valence-corrected chi connectivity index (χ2v) is 6.85. The SMILES string of the molecule is Cn1c(SCC(=O)Nc2ccc([N+](=O)[O-])cc2)nnc1-c1ccc(OC(F)F)cc1. The fourth-order valence-electron chi connectivity index (χ4n) is 2.47. The number of hydrogen-bond donors (Lipinski definition) is 1. The minimum absolute atomic E-state index is 0.0356. The number of aromatic nitrogens is 3. The molecular weight excluding hydrogens is 420 g/mol. The minimum atomic E-state index is -2.90. The average molecular weight is 435 g/mol. The molecule has 12 heteroatoms. The molecule has 0 unspecified atom stereocenters. The van der Waals surface area contributed by atoms with Gasteiger partial charge in [-0.2, -0.15) is 8.78 Å². The van der Waals surface area contributed by atoms with Crippen molar-refractivity contribution in [2.75, 3.05) is 11.1 Å². The zero-order valence-electron chi connectivity index (χ0n) is 15.5. The highest BCUT2D eigenvalue weighted by molar-refractivity contribution is 7.99. The van der Waals surface area contributed by atoms with Gasteiger partial charge in [-0.3, -0.25) is 14.9 Å². The Hall–Kier alpha value is -3.54. The Labute approximate surface area is 173 Å². The van der Waals surface area contributed by atoms with Crippen molar-refractivity contribution in [2.45, 2.75) is 11.8 Å². The molecular formula is C18H15F2N5O4S. The lowest BCUT2D eigenvalue weighted by Crippen LogP contribution is -2.14. The summed E-state index contributed by atoms with van der Waals surface area (Å²) in [6.45, 7) is -2.90. The monoisotopic (exact) mass is 435 g/mol. The van der Waals surface area contributed by atoms with E-state index in [1.165, 1.54) is 36.4 Å². The fourth-order valence-corrected chi connectivity index (χ4v) is 3.18. The van der Waals surface area contributed by atoms with Gasteiger partial charge >= 0.3 is 6.61 Å². The van der Waals surface area contributed by atoms with Gasteiger partial charge in [0.1, 0.15) is 5.75 Å². The Kier molecular flexibility index (Phi) is 6.57. The number of rotatable bonds is 8. The zero-order chi connectivity index (χ0) is 21.7. The molecule has 0 saturated carbocycles. The Bertz CT molecular complexity index is 1040. The summed E-state index contributed by atoms with van der Waals surface area (Å²) >= 11 is 1.15. The van der Waals surface area contributed by atoms with Crippen molar-refractivity contribution in [3.63, 3.8) is 0 Å². The third-order valence-electron chi connectivity index (χ3n) is 3.87. The molecule has 0 spiro atoms. The van der Waals surface area contributed by atoms with E-state index >= 15 is 0 Å². The van der Waals surface area contributed by atoms with E-state index in [1.54, 1.807) is 23.7 Å². The number of nitrogens with one attached hydrogen (secondary N) is 1. The standard InChI is InChI=1S/C18H15F2N5O4S/c1-24-16(11-2-8-14(9-3-11)29-17(19)20)22-23-18(24)30-10-15(26)21-12-4-6-13(7-5-12)25(27)28/h2-9,17H,10H2,1H3,(H,21,26). The number of benzene rings is 2. The molecule has 1 N–H and O–H groups in total. The van der Waals surface area contributed by atoms with Crippen LogP contribution in [0.2, 0.25) is 0 Å². The number of carbonyl (C=O) groups is 1. The molecule has 0 aliphatic heterocycles. The second-order valence-electron chi connectivity index (χ2n) is 5.91. The van der Waals surface area contributed by atoms with E-state index in [1.807, 2.05) is 0 Å². The van der Waals surface area contributed by atoms with Crippen LogP contribution in [0.1, 0.15) is 0 Å². The van der Waals surface area contributed by atoms with Gasteiger partial charge in [-0.15, -0.1) is 10.2 Å². The number of nitro groups is 1. The molecule has 2 aromatic carbocycles. The summed E-state index contributed by atoms with van der Waals surface area (Å²) in [4.78, 5) is 22.3. The van der Waals surface area contributed by atoms with Crippen LogP contribution >= 0.6 is 11.8 Å². The highest BCUT2D eigenvalue weighted by Gasteiger charge is 2.14. The lowest BCUT2D eigenvalue weighted by atomic mass is 10.2. The Morgan fingerprint density at radius 1 is 1.20 bits per heavy atom. The summed E-state index contributed by atoms with van der Waals surface area (Å²) in [7, 11) is 1.72. The molecule has 3 rings (SSSR count). The van der Waals surface area contributed by atoms with Crippen molar-refractivity contribution in [3.05, 3.63) is 58.6 Å². The van der Waals surface area contributed by atoms with Crippen molar-refractivity contribution in [1.82, 2.24) is 14.8 Å². The molecule has 0 fully saturated rings. The first-order chi connectivity index (χ1) is 14.3. The number of carbonyl (C=O) groups excluding carboxylic acids is 1. The molecule has 3 aromatic rings. The third kappa shape index (κ3) is 5.29. The highest BCUT2D eigenvalue weighted by Crippen LogP contribution is 2.25. The van der Waals surface area contributed by atoms with Gasteiger partial charge in [-0.1, -0.05) is 11.8 Å². The van der Waals surface area contributed by atoms with Gasteiger partial charge < -0.3 is 14.6 Å². The highest BCUT2D eigenvalue weighted by atomic mass is 32.2. The summed E-state index contributed by atoms with van der Waals surface area (Å²) < 4.78 is 30.5. The van der Waals surface area contributed by atoms with E-state index in [0.717, 1.165) is 11.8 Å². The number of ether oxygens (including phenoxy) is 1. The summed E-state index contributed by atoms with van der Waals surface area (Å²) in [5.74, 6) is 0.265. The van der Waals surface area contributed by atoms with E-state index in [4.69, 9.17) is 0 Å². The maximum Gasteiger partial charge on any atom is 0.387 e. The Balaban J connectivity index is 1.59. The topological polar surface area (TPSA) is 112 Å². The molecule has 0 aliphatic rings. The molecule has 0 aliphatic carbocycles. The summed E-state index contributed by atoms with van der Waals surface area (Å²) in [5, 5.41) is 21.9. The van der Waals surface area contributed by atoms with Crippen LogP contribution in [0.3, 0.4) is 0 Å². The molecule has 0 atom stereocenters. The van der Waals surface area contributed by atoms with Crippen LogP contribution in [0.25, 0.3) is 11.4 Å². The number of thioether (sulfide) groups is 1. The average Bonchev–Trinajstić information content (AvgIpc) is 3.07. The van der Waals surface area contributed by atoms with Crippen LogP contribution in [0.15, 0.2) is 53.7 Å². The second kappa shape index (κ2) is 9.31. The van der Waals surface area contributed by atoms with E-state index in [0.29, 0.717) is 22.2 Å². The van der Waals surface area contributed by atoms with Gasteiger partial charge in [0, 0.05) is 30.4 Å². The smallest absolute Gasteiger partial charge is 0.387 e. The van der Waals surface area contributed by atoms with Crippen LogP contribution in [0.5, 0.6) is 5.75 Å². The Morgan fingerprint density at radius 3 is 2.47 bits per heavy atom. The first-order valence-corrected chi connectivity index (χ1v) is 9.44. The predicted molar refractivity (Wildman–Crippen MR) is 106 cm³/mol. The minimum Gasteiger partial charge on any atom is -0.435 e. The molecule has 9 nitrogen and oxygen atoms in total. The van der Waals surface area contributed by atoms with Gasteiger partial charge in [-0.05, 0) is 36.4 Å². The first kappa shape index (κ1) is 21.2. The van der Waals surface area contributed by atoms with Gasteiger partial charge in [0.25, 0.3) is 5.69 Å². The van der Waals surface area contributed by atoms with E-state index in [2.05, 4.69) is 20.3 Å². The number of nitro benzene ring substituents is 1. The Morgan fingerprint density at radius 2 is 1.87 bits per heavy atom. The number of alkyl halides is 2. The maximum atomic E-state index is 12.2. The van der Waals surface area contributed by atoms with E-state index < -0.39 is 11.5 Å². The number of halogens is 2. The van der Waals surface area contributed by atoms with Crippen LogP contribution < -0.4 is 10.1 Å². The van der Waals surface area contributed by atoms with E-state index in [9.17, 15) is 23.7 Å². The maximum absolute atomic E-state index is 12.2. The van der Waals surface area contributed by atoms with Crippen LogP contribution in [0.4, 0.5) is 20.2 Å². The number of amides is 1. The quantitative estimate of drug-likeness (QED) is 0.326. The molecule has 156 valence electrons. The largest absolute Gasteiger partial charge is 0.435 e. The summed E-state index contributed by atoms with van der Waals surface area (Å²) in [6, 6.07) is 11.5. The normalized spacial score (nSPS) is 10.8. The molecule has 0 bridgehead atoms. The summed E-state index contributed by atoms with van der Waals surface area (Å²) in [6.07, 6.45) is 0. The predicted octanol–water partition coefficient (Wildman–Crippen LogP) is 3.72. The molecule has 1 amide bonds. The van der Waals surface area contributed by atoms with Crippen molar-refractivity contribution in [2.24, 2.45) is 7.05 Å². The number of hydrogen-bond acceptors (Lipinski definition) is 7. The van der Waals surface area contributed by atoms with Gasteiger partial charge in [0.2, 0.25) is 5.91 Å². The van der Waals surface area contributed by atoms with Gasteiger partial charge in [-0.25, -0.2) is 0 Å². The van der Waals surface area contributed by atoms with Crippen molar-refractivity contribution in [3.8, 4) is 17.1 Å². The lowest BCUT2D eigenvalue weighted by Gasteiger charge is -2.07. The van der Waals surface area contributed by atoms with Crippen LogP contribution in [-0.4, -0.2) is 38.0 Å². The first-order valence-electron chi connectivity index (χ1n) is 8.45. The lowest BCUT2D eigenvalue weighted by molar-refractivity contribution is -0.384. The van der Waals surface area contributed by atoms with Crippen molar-refractivity contribution < 1.29 is 23.2 Å². The van der Waals surface area contributed by atoms with Gasteiger partial charge in [0.15, 0.2) is 11.0 Å². The van der Waals surface area contributed by atoms with Crippen LogP contribution in [0, 0.1) is 10.1 Å². The number of nitrogens with zero attached hydrogens (tertiary/aromatic N) is 4. The molecule has 30 heavy (non-hydrogen) atoms. The van der Waals surface area contributed by atoms with Crippen LogP contribution in [-0.2, 0) is 11.8 Å². The van der Waals surface area contributed by atoms with Crippen molar-refractivity contribution in [1.29, 1.82) is 0 Å². The van der Waals surface area contributed by atoms with E-state index in [-0.39, 0.29) is 23.1 Å². The third-order valence-corrected chi connectivity index (χ3v) is 4.89. The molecule has 1 aromatic heterocycles. The zero-order valence-corrected chi connectivity index (χ0v) is 16.3. The molecule has 0 radical (unpaired) electrons. The number of non-ortho nitro benzene ring substituents is 1. The summed E-state index contributed by atoms with van der Waals surface area (Å²) in [5.41, 5.74) is 1.02. The van der Waals surface area contributed by atoms with Crippen molar-refractivity contribution >= 4 is 29.0 Å². The number of anilines is 1.